The molecule has 0 bridgehead atoms. The van der Waals surface area contributed by atoms with Crippen LogP contribution in [0.3, 0.4) is 0 Å². The summed E-state index contributed by atoms with van der Waals surface area (Å²) in [5, 5.41) is 0.612. The Kier molecular flexibility index (Phi) is 5.09. The Morgan fingerprint density at radius 2 is 2.25 bits per heavy atom. The molecule has 1 rings (SSSR count). The summed E-state index contributed by atoms with van der Waals surface area (Å²) in [6.45, 7) is 1.88. The zero-order valence-corrected chi connectivity index (χ0v) is 9.58. The fourth-order valence-electron chi connectivity index (χ4n) is 0.760. The van der Waals surface area contributed by atoms with Gasteiger partial charge in [-0.25, -0.2) is 0 Å². The molecule has 0 aliphatic heterocycles. The van der Waals surface area contributed by atoms with E-state index in [1.807, 2.05) is 6.92 Å². The quantitative estimate of drug-likeness (QED) is 0.853. The highest BCUT2D eigenvalue weighted by Crippen LogP contribution is 2.22. The van der Waals surface area contributed by atoms with Crippen LogP contribution in [0.2, 0.25) is 5.02 Å². The summed E-state index contributed by atoms with van der Waals surface area (Å²) >= 11 is 9.01. The smallest absolute Gasteiger partial charge is 0.0710 e. The summed E-state index contributed by atoms with van der Waals surface area (Å²) in [7, 11) is 0. The maximum absolute atomic E-state index is 5.69. The lowest BCUT2D eigenvalue weighted by atomic mass is 10.2. The Balaban J connectivity index is 0.00000121. The lowest BCUT2D eigenvalue weighted by Gasteiger charge is -2.06. The van der Waals surface area contributed by atoms with Gasteiger partial charge in [-0.1, -0.05) is 11.6 Å². The van der Waals surface area contributed by atoms with Crippen LogP contribution in [0.5, 0.6) is 0 Å². The molecule has 0 saturated carbocycles. The van der Waals surface area contributed by atoms with Crippen molar-refractivity contribution in [1.82, 2.24) is 4.98 Å². The molecule has 5 heteroatoms. The molecule has 12 heavy (non-hydrogen) atoms. The van der Waals surface area contributed by atoms with E-state index in [9.17, 15) is 0 Å². The van der Waals surface area contributed by atoms with Gasteiger partial charge in [0.25, 0.3) is 0 Å². The molecule has 0 amide bonds. The van der Waals surface area contributed by atoms with E-state index >= 15 is 0 Å². The first-order valence-electron chi connectivity index (χ1n) is 3.18. The van der Waals surface area contributed by atoms with Crippen LogP contribution in [-0.2, 0) is 0 Å². The zero-order chi connectivity index (χ0) is 8.43. The van der Waals surface area contributed by atoms with Crippen molar-refractivity contribution in [2.24, 2.45) is 5.73 Å². The number of hydrogen-bond acceptors (Lipinski definition) is 2. The molecule has 0 fully saturated rings. The lowest BCUT2D eigenvalue weighted by Crippen LogP contribution is -2.07. The van der Waals surface area contributed by atoms with Gasteiger partial charge in [-0.15, -0.1) is 12.4 Å². The Morgan fingerprint density at radius 1 is 1.67 bits per heavy atom. The van der Waals surface area contributed by atoms with E-state index < -0.39 is 0 Å². The summed E-state index contributed by atoms with van der Waals surface area (Å²) in [4.78, 5) is 4.07. The fourth-order valence-corrected chi connectivity index (χ4v) is 1.76. The predicted molar refractivity (Wildman–Crippen MR) is 56.8 cm³/mol. The Bertz CT molecular complexity index is 266. The molecule has 1 aromatic heterocycles. The van der Waals surface area contributed by atoms with Crippen LogP contribution in [-0.4, -0.2) is 4.98 Å². The summed E-state index contributed by atoms with van der Waals surface area (Å²) in [5.41, 5.74) is 6.46. The molecular formula is C7H9BrCl2N2. The van der Waals surface area contributed by atoms with Crippen molar-refractivity contribution in [3.05, 3.63) is 27.5 Å². The fraction of sp³-hybridized carbons (Fsp3) is 0.286. The predicted octanol–water partition coefficient (Wildman–Crippen LogP) is 2.94. The first-order valence-corrected chi connectivity index (χ1v) is 4.35. The van der Waals surface area contributed by atoms with E-state index in [0.717, 1.165) is 10.2 Å². The van der Waals surface area contributed by atoms with Gasteiger partial charge in [0.15, 0.2) is 0 Å². The van der Waals surface area contributed by atoms with Gasteiger partial charge in [0.2, 0.25) is 0 Å². The molecule has 2 nitrogen and oxygen atoms in total. The van der Waals surface area contributed by atoms with Gasteiger partial charge < -0.3 is 5.73 Å². The summed E-state index contributed by atoms with van der Waals surface area (Å²) in [5.74, 6) is 0. The normalized spacial score (nSPS) is 12.0. The van der Waals surface area contributed by atoms with Crippen molar-refractivity contribution in [3.8, 4) is 0 Å². The maximum Gasteiger partial charge on any atom is 0.0710 e. The summed E-state index contributed by atoms with van der Waals surface area (Å²) < 4.78 is 0.861. The number of nitrogens with two attached hydrogens (primary N) is 1. The highest BCUT2D eigenvalue weighted by atomic mass is 79.9. The van der Waals surface area contributed by atoms with Crippen molar-refractivity contribution in [2.45, 2.75) is 13.0 Å². The molecule has 1 unspecified atom stereocenters. The highest BCUT2D eigenvalue weighted by Gasteiger charge is 2.05. The van der Waals surface area contributed by atoms with Gasteiger partial charge in [0.1, 0.15) is 0 Å². The van der Waals surface area contributed by atoms with Crippen LogP contribution in [0.15, 0.2) is 16.7 Å². The Morgan fingerprint density at radius 3 is 2.67 bits per heavy atom. The molecular weight excluding hydrogens is 263 g/mol. The minimum Gasteiger partial charge on any atom is -0.323 e. The number of hydrogen-bond donors (Lipinski definition) is 1. The second kappa shape index (κ2) is 5.02. The number of nitrogens with zero attached hydrogens (tertiary/aromatic N) is 1. The second-order valence-electron chi connectivity index (χ2n) is 2.31. The maximum atomic E-state index is 5.69. The second-order valence-corrected chi connectivity index (χ2v) is 3.60. The first-order chi connectivity index (χ1) is 5.11. The molecule has 1 heterocycles. The molecule has 0 aromatic carbocycles. The van der Waals surface area contributed by atoms with Crippen molar-refractivity contribution in [1.29, 1.82) is 0 Å². The van der Waals surface area contributed by atoms with Crippen LogP contribution in [0.1, 0.15) is 18.7 Å². The number of aromatic nitrogens is 1. The van der Waals surface area contributed by atoms with Crippen LogP contribution in [0.25, 0.3) is 0 Å². The van der Waals surface area contributed by atoms with Gasteiger partial charge in [-0.2, -0.15) is 0 Å². The molecule has 68 valence electrons. The van der Waals surface area contributed by atoms with Gasteiger partial charge >= 0.3 is 0 Å². The third-order valence-corrected chi connectivity index (χ3v) is 2.11. The largest absolute Gasteiger partial charge is 0.323 e. The molecule has 0 radical (unpaired) electrons. The topological polar surface area (TPSA) is 38.9 Å². The van der Waals surface area contributed by atoms with E-state index in [0.29, 0.717) is 5.02 Å². The summed E-state index contributed by atoms with van der Waals surface area (Å²) in [6.07, 6.45) is 1.59. The molecule has 2 N–H and O–H groups in total. The molecule has 0 aliphatic carbocycles. The van der Waals surface area contributed by atoms with E-state index in [2.05, 4.69) is 20.9 Å². The third-order valence-electron chi connectivity index (χ3n) is 1.27. The average molecular weight is 272 g/mol. The van der Waals surface area contributed by atoms with E-state index in [-0.39, 0.29) is 18.4 Å². The Labute approximate surface area is 91.0 Å². The molecule has 1 atom stereocenters. The van der Waals surface area contributed by atoms with Crippen molar-refractivity contribution in [3.63, 3.8) is 0 Å². The van der Waals surface area contributed by atoms with E-state index in [1.165, 1.54) is 0 Å². The minimum absolute atomic E-state index is 0. The molecule has 0 spiro atoms. The van der Waals surface area contributed by atoms with Crippen molar-refractivity contribution < 1.29 is 0 Å². The zero-order valence-electron chi connectivity index (χ0n) is 6.42. The standard InChI is InChI=1S/C7H8BrClN2.ClH/c1-4(10)7-6(8)2-5(9)3-11-7;/h2-4H,10H2,1H3;1H. The van der Waals surface area contributed by atoms with Gasteiger partial charge in [0, 0.05) is 16.7 Å². The lowest BCUT2D eigenvalue weighted by molar-refractivity contribution is 0.775. The van der Waals surface area contributed by atoms with E-state index in [4.69, 9.17) is 17.3 Å². The first kappa shape index (κ1) is 12.2. The van der Waals surface area contributed by atoms with Crippen LogP contribution in [0, 0.1) is 0 Å². The molecule has 0 saturated heterocycles. The van der Waals surface area contributed by atoms with Gasteiger partial charge in [-0.05, 0) is 28.9 Å². The Hall–Kier alpha value is 0.170. The van der Waals surface area contributed by atoms with Crippen LogP contribution in [0.4, 0.5) is 0 Å². The molecule has 0 aliphatic rings. The SMILES string of the molecule is CC(N)c1ncc(Cl)cc1Br.Cl. The average Bonchev–Trinajstić information content (AvgIpc) is 1.85. The van der Waals surface area contributed by atoms with Crippen molar-refractivity contribution >= 4 is 39.9 Å². The van der Waals surface area contributed by atoms with Crippen molar-refractivity contribution in [2.75, 3.05) is 0 Å². The monoisotopic (exact) mass is 270 g/mol. The number of rotatable bonds is 1. The number of halogens is 3. The van der Waals surface area contributed by atoms with Crippen LogP contribution < -0.4 is 5.73 Å². The third kappa shape index (κ3) is 2.90. The van der Waals surface area contributed by atoms with Gasteiger partial charge in [-0.3, -0.25) is 4.98 Å². The highest BCUT2D eigenvalue weighted by molar-refractivity contribution is 9.10. The number of pyridine rings is 1. The van der Waals surface area contributed by atoms with E-state index in [1.54, 1.807) is 12.3 Å². The van der Waals surface area contributed by atoms with Gasteiger partial charge in [0.05, 0.1) is 10.7 Å². The van der Waals surface area contributed by atoms with Crippen LogP contribution >= 0.6 is 39.9 Å². The minimum atomic E-state index is -0.0679. The molecule has 1 aromatic rings. The summed E-state index contributed by atoms with van der Waals surface area (Å²) in [6, 6.07) is 1.72.